The molecule has 11 heteroatoms. The van der Waals surface area contributed by atoms with Crippen molar-refractivity contribution in [3.63, 3.8) is 0 Å². The minimum Gasteiger partial charge on any atom is -0.493 e. The van der Waals surface area contributed by atoms with E-state index in [1.54, 1.807) is 85.8 Å². The Labute approximate surface area is 267 Å². The van der Waals surface area contributed by atoms with Gasteiger partial charge in [-0.25, -0.2) is 4.39 Å². The summed E-state index contributed by atoms with van der Waals surface area (Å²) < 4.78 is 25.6. The highest BCUT2D eigenvalue weighted by Crippen LogP contribution is 2.32. The normalized spacial score (nSPS) is 11.7. The number of hydrogen-bond donors (Lipinski definition) is 3. The molecule has 0 aliphatic rings. The highest BCUT2D eigenvalue weighted by Gasteiger charge is 2.19. The standard InChI is InChI=1S/C33H29BrFN3O5S/c1-20(31(39)37-27-17-12-23(34)19-26(27)35)44-25-15-13-24(14-16-25)36-33(41)28(38-32(40)21-8-5-4-6-9-21)18-22-10-7-11-29(42-2)30(22)43-3/h4-20H,1-3H3,(H,36,41)(H,37,39)(H,38,40)/b28-18-. The Morgan fingerprint density at radius 3 is 2.27 bits per heavy atom. The second kappa shape index (κ2) is 15.2. The number of carbonyl (C=O) groups is 3. The molecule has 0 aliphatic heterocycles. The highest BCUT2D eigenvalue weighted by atomic mass is 79.9. The maximum Gasteiger partial charge on any atom is 0.272 e. The summed E-state index contributed by atoms with van der Waals surface area (Å²) in [5.41, 5.74) is 1.44. The molecule has 44 heavy (non-hydrogen) atoms. The first-order valence-electron chi connectivity index (χ1n) is 13.3. The number of para-hydroxylation sites is 1. The van der Waals surface area contributed by atoms with Crippen LogP contribution in [0, 0.1) is 5.82 Å². The molecule has 0 spiro atoms. The van der Waals surface area contributed by atoms with Gasteiger partial charge in [0.25, 0.3) is 11.8 Å². The average molecular weight is 679 g/mol. The first-order valence-corrected chi connectivity index (χ1v) is 15.0. The Morgan fingerprint density at radius 1 is 0.886 bits per heavy atom. The molecule has 0 saturated carbocycles. The summed E-state index contributed by atoms with van der Waals surface area (Å²) in [5.74, 6) is -1.06. The van der Waals surface area contributed by atoms with Gasteiger partial charge in [-0.15, -0.1) is 11.8 Å². The molecule has 8 nitrogen and oxygen atoms in total. The summed E-state index contributed by atoms with van der Waals surface area (Å²) in [6.07, 6.45) is 1.51. The molecule has 0 heterocycles. The lowest BCUT2D eigenvalue weighted by atomic mass is 10.1. The van der Waals surface area contributed by atoms with Crippen LogP contribution < -0.4 is 25.4 Å². The second-order valence-corrected chi connectivity index (χ2v) is 11.6. The predicted octanol–water partition coefficient (Wildman–Crippen LogP) is 7.13. The summed E-state index contributed by atoms with van der Waals surface area (Å²) in [4.78, 5) is 39.8. The van der Waals surface area contributed by atoms with E-state index in [1.165, 1.54) is 44.2 Å². The van der Waals surface area contributed by atoms with E-state index >= 15 is 0 Å². The van der Waals surface area contributed by atoms with Gasteiger partial charge in [0.1, 0.15) is 11.5 Å². The quantitative estimate of drug-likeness (QED) is 0.115. The van der Waals surface area contributed by atoms with Crippen LogP contribution in [0.5, 0.6) is 11.5 Å². The van der Waals surface area contributed by atoms with Crippen LogP contribution in [0.2, 0.25) is 0 Å². The predicted molar refractivity (Wildman–Crippen MR) is 175 cm³/mol. The van der Waals surface area contributed by atoms with E-state index in [0.29, 0.717) is 32.8 Å². The zero-order chi connectivity index (χ0) is 31.6. The Hall–Kier alpha value is -4.61. The van der Waals surface area contributed by atoms with Gasteiger partial charge in [-0.2, -0.15) is 0 Å². The number of anilines is 2. The molecule has 0 saturated heterocycles. The van der Waals surface area contributed by atoms with E-state index in [0.717, 1.165) is 4.90 Å². The molecule has 4 aromatic carbocycles. The van der Waals surface area contributed by atoms with Gasteiger partial charge in [0.2, 0.25) is 5.91 Å². The fourth-order valence-electron chi connectivity index (χ4n) is 4.02. The Bertz CT molecular complexity index is 1680. The van der Waals surface area contributed by atoms with Gasteiger partial charge in [0.15, 0.2) is 11.5 Å². The van der Waals surface area contributed by atoms with Gasteiger partial charge in [-0.05, 0) is 73.7 Å². The van der Waals surface area contributed by atoms with Crippen LogP contribution in [0.15, 0.2) is 106 Å². The van der Waals surface area contributed by atoms with Crippen molar-refractivity contribution in [3.8, 4) is 11.5 Å². The third-order valence-electron chi connectivity index (χ3n) is 6.25. The van der Waals surface area contributed by atoms with Gasteiger partial charge in [0, 0.05) is 26.2 Å². The average Bonchev–Trinajstić information content (AvgIpc) is 3.03. The van der Waals surface area contributed by atoms with Gasteiger partial charge in [-0.3, -0.25) is 14.4 Å². The summed E-state index contributed by atoms with van der Waals surface area (Å²) in [6, 6.07) is 25.0. The fraction of sp³-hybridized carbons (Fsp3) is 0.121. The maximum atomic E-state index is 14.1. The summed E-state index contributed by atoms with van der Waals surface area (Å²) in [5, 5.41) is 7.58. The minimum atomic E-state index is -0.566. The molecular formula is C33H29BrFN3O5S. The van der Waals surface area contributed by atoms with Crippen molar-refractivity contribution < 1.29 is 28.2 Å². The SMILES string of the molecule is COc1cccc(/C=C(\NC(=O)c2ccccc2)C(=O)Nc2ccc(SC(C)C(=O)Nc3ccc(Br)cc3F)cc2)c1OC. The number of halogens is 2. The lowest BCUT2D eigenvalue weighted by Crippen LogP contribution is -2.30. The van der Waals surface area contributed by atoms with Crippen LogP contribution >= 0.6 is 27.7 Å². The number of nitrogens with one attached hydrogen (secondary N) is 3. The third-order valence-corrected chi connectivity index (χ3v) is 7.85. The zero-order valence-electron chi connectivity index (χ0n) is 24.0. The number of methoxy groups -OCH3 is 2. The van der Waals surface area contributed by atoms with Crippen molar-refractivity contribution in [2.45, 2.75) is 17.1 Å². The number of ether oxygens (including phenoxy) is 2. The van der Waals surface area contributed by atoms with E-state index in [9.17, 15) is 18.8 Å². The molecule has 0 fully saturated rings. The van der Waals surface area contributed by atoms with E-state index in [1.807, 2.05) is 0 Å². The molecule has 3 amide bonds. The number of benzene rings is 4. The van der Waals surface area contributed by atoms with Crippen molar-refractivity contribution in [3.05, 3.63) is 118 Å². The highest BCUT2D eigenvalue weighted by molar-refractivity contribution is 9.10. The number of carbonyl (C=O) groups excluding carboxylic acids is 3. The van der Waals surface area contributed by atoms with E-state index in [4.69, 9.17) is 9.47 Å². The molecule has 0 aliphatic carbocycles. The number of hydrogen-bond acceptors (Lipinski definition) is 6. The smallest absolute Gasteiger partial charge is 0.272 e. The molecule has 0 bridgehead atoms. The van der Waals surface area contributed by atoms with Gasteiger partial charge >= 0.3 is 0 Å². The maximum absolute atomic E-state index is 14.1. The van der Waals surface area contributed by atoms with Crippen LogP contribution in [0.4, 0.5) is 15.8 Å². The third kappa shape index (κ3) is 8.48. The lowest BCUT2D eigenvalue weighted by molar-refractivity contribution is -0.115. The zero-order valence-corrected chi connectivity index (χ0v) is 26.4. The van der Waals surface area contributed by atoms with Crippen molar-refractivity contribution in [2.24, 2.45) is 0 Å². The summed E-state index contributed by atoms with van der Waals surface area (Å²) in [7, 11) is 2.99. The lowest BCUT2D eigenvalue weighted by Gasteiger charge is -2.15. The molecule has 4 rings (SSSR count). The first-order chi connectivity index (χ1) is 21.2. The van der Waals surface area contributed by atoms with Crippen molar-refractivity contribution in [2.75, 3.05) is 24.9 Å². The molecule has 3 N–H and O–H groups in total. The van der Waals surface area contributed by atoms with Crippen molar-refractivity contribution in [1.82, 2.24) is 5.32 Å². The van der Waals surface area contributed by atoms with Crippen LogP contribution in [0.25, 0.3) is 6.08 Å². The minimum absolute atomic E-state index is 0.0191. The van der Waals surface area contributed by atoms with Gasteiger partial charge in [0.05, 0.1) is 25.2 Å². The first kappa shape index (κ1) is 32.3. The van der Waals surface area contributed by atoms with Gasteiger partial charge < -0.3 is 25.4 Å². The second-order valence-electron chi connectivity index (χ2n) is 9.31. The van der Waals surface area contributed by atoms with Crippen LogP contribution in [-0.2, 0) is 9.59 Å². The Balaban J connectivity index is 1.49. The monoisotopic (exact) mass is 677 g/mol. The van der Waals surface area contributed by atoms with Gasteiger partial charge in [-0.1, -0.05) is 46.3 Å². The molecule has 1 atom stereocenters. The Kier molecular flexibility index (Phi) is 11.2. The summed E-state index contributed by atoms with van der Waals surface area (Å²) in [6.45, 7) is 1.71. The van der Waals surface area contributed by atoms with Crippen LogP contribution in [0.3, 0.4) is 0 Å². The Morgan fingerprint density at radius 2 is 1.61 bits per heavy atom. The topological polar surface area (TPSA) is 106 Å². The largest absolute Gasteiger partial charge is 0.493 e. The van der Waals surface area contributed by atoms with E-state index in [-0.39, 0.29) is 17.3 Å². The van der Waals surface area contributed by atoms with Crippen molar-refractivity contribution >= 4 is 62.9 Å². The fourth-order valence-corrected chi connectivity index (χ4v) is 5.22. The molecule has 226 valence electrons. The van der Waals surface area contributed by atoms with Crippen LogP contribution in [-0.4, -0.2) is 37.2 Å². The molecule has 0 aromatic heterocycles. The van der Waals surface area contributed by atoms with Crippen molar-refractivity contribution in [1.29, 1.82) is 0 Å². The molecule has 0 radical (unpaired) electrons. The number of thioether (sulfide) groups is 1. The number of rotatable bonds is 11. The summed E-state index contributed by atoms with van der Waals surface area (Å²) >= 11 is 4.47. The van der Waals surface area contributed by atoms with E-state index < -0.39 is 22.9 Å². The molecule has 1 unspecified atom stereocenters. The molecular weight excluding hydrogens is 649 g/mol. The number of amides is 3. The van der Waals surface area contributed by atoms with Crippen LogP contribution in [0.1, 0.15) is 22.8 Å². The molecule has 4 aromatic rings. The van der Waals surface area contributed by atoms with E-state index in [2.05, 4.69) is 31.9 Å².